The number of aliphatic hydroxyl groups is 1. The van der Waals surface area contributed by atoms with E-state index in [4.69, 9.17) is 9.84 Å². The number of nitrogens with zero attached hydrogens (tertiary/aromatic N) is 2. The number of carbonyl (C=O) groups is 3. The molecule has 138 valence electrons. The topological polar surface area (TPSA) is 117 Å². The number of aromatic nitrogens is 1. The number of carbonyl (C=O) groups excluding carboxylic acids is 2. The molecule has 0 aromatic carbocycles. The lowest BCUT2D eigenvalue weighted by Crippen LogP contribution is -2.57. The third-order valence-electron chi connectivity index (χ3n) is 4.79. The Morgan fingerprint density at radius 1 is 1.46 bits per heavy atom. The summed E-state index contributed by atoms with van der Waals surface area (Å²) in [5.74, 6) is -1.91. The van der Waals surface area contributed by atoms with Gasteiger partial charge in [-0.25, -0.2) is 9.59 Å². The van der Waals surface area contributed by atoms with Crippen molar-refractivity contribution in [3.8, 4) is 0 Å². The molecule has 26 heavy (non-hydrogen) atoms. The summed E-state index contributed by atoms with van der Waals surface area (Å²) in [4.78, 5) is 41.4. The molecule has 3 rings (SSSR count). The Kier molecular flexibility index (Phi) is 4.53. The molecule has 0 radical (unpaired) electrons. The van der Waals surface area contributed by atoms with Gasteiger partial charge >= 0.3 is 11.9 Å². The minimum atomic E-state index is -1.00. The molecule has 2 aliphatic heterocycles. The van der Waals surface area contributed by atoms with Crippen LogP contribution in [0.2, 0.25) is 0 Å². The van der Waals surface area contributed by atoms with Crippen LogP contribution in [0, 0.1) is 5.41 Å². The number of aliphatic carboxylic acids is 1. The van der Waals surface area contributed by atoms with E-state index in [0.717, 1.165) is 0 Å². The van der Waals surface area contributed by atoms with Gasteiger partial charge in [-0.15, -0.1) is 0 Å². The summed E-state index contributed by atoms with van der Waals surface area (Å²) >= 11 is 0. The number of amides is 1. The number of fused-ring (bicyclic) bond motifs is 1. The molecule has 1 amide bonds. The Morgan fingerprint density at radius 2 is 2.19 bits per heavy atom. The lowest BCUT2D eigenvalue weighted by molar-refractivity contribution is -0.154. The van der Waals surface area contributed by atoms with Crippen LogP contribution in [0.25, 0.3) is 6.08 Å². The number of rotatable bonds is 5. The number of esters is 1. The standard InChI is InChI=1S/C18H20N2O6/c1-18(2)9-13-12(15(22)20(13)14(18)16(23)24)8-11-7-10(3-4-19-11)17(25)26-6-5-21/h3-4,7-8,13-14,21H,5-6,9H2,1-2H3,(H,23,24)/b12-8+/t13?,14-/m0/s1. The predicted molar refractivity (Wildman–Crippen MR) is 90.0 cm³/mol. The lowest BCUT2D eigenvalue weighted by atomic mass is 9.83. The molecule has 2 fully saturated rings. The van der Waals surface area contributed by atoms with Gasteiger partial charge in [0.25, 0.3) is 5.91 Å². The first kappa shape index (κ1) is 18.1. The Bertz CT molecular complexity index is 801. The second kappa shape index (κ2) is 6.53. The van der Waals surface area contributed by atoms with Crippen molar-refractivity contribution in [3.63, 3.8) is 0 Å². The number of aliphatic hydroxyl groups excluding tert-OH is 1. The molecule has 2 saturated heterocycles. The molecule has 0 saturated carbocycles. The first-order chi connectivity index (χ1) is 12.3. The van der Waals surface area contributed by atoms with E-state index in [1.54, 1.807) is 6.08 Å². The molecule has 0 aliphatic carbocycles. The van der Waals surface area contributed by atoms with Gasteiger partial charge in [0.2, 0.25) is 0 Å². The highest BCUT2D eigenvalue weighted by Gasteiger charge is 2.60. The summed E-state index contributed by atoms with van der Waals surface area (Å²) in [6.45, 7) is 3.31. The smallest absolute Gasteiger partial charge is 0.338 e. The van der Waals surface area contributed by atoms with Crippen molar-refractivity contribution in [2.45, 2.75) is 32.4 Å². The maximum Gasteiger partial charge on any atom is 0.338 e. The average Bonchev–Trinajstić information content (AvgIpc) is 2.86. The average molecular weight is 360 g/mol. The van der Waals surface area contributed by atoms with Crippen LogP contribution in [-0.4, -0.2) is 63.2 Å². The van der Waals surface area contributed by atoms with Gasteiger partial charge in [0.1, 0.15) is 12.6 Å². The van der Waals surface area contributed by atoms with E-state index in [1.165, 1.54) is 23.2 Å². The zero-order valence-corrected chi connectivity index (χ0v) is 14.5. The van der Waals surface area contributed by atoms with E-state index < -0.39 is 23.4 Å². The predicted octanol–water partition coefficient (Wildman–Crippen LogP) is 0.708. The maximum absolute atomic E-state index is 12.5. The highest BCUT2D eigenvalue weighted by molar-refractivity contribution is 6.08. The van der Waals surface area contributed by atoms with Gasteiger partial charge in [0, 0.05) is 11.8 Å². The summed E-state index contributed by atoms with van der Waals surface area (Å²) in [7, 11) is 0. The molecule has 2 aliphatic rings. The quantitative estimate of drug-likeness (QED) is 0.451. The first-order valence-corrected chi connectivity index (χ1v) is 8.27. The monoisotopic (exact) mass is 360 g/mol. The summed E-state index contributed by atoms with van der Waals surface area (Å²) in [6.07, 6.45) is 3.58. The van der Waals surface area contributed by atoms with Crippen molar-refractivity contribution in [2.24, 2.45) is 5.41 Å². The van der Waals surface area contributed by atoms with Crippen LogP contribution < -0.4 is 0 Å². The largest absolute Gasteiger partial charge is 0.480 e. The van der Waals surface area contributed by atoms with Crippen molar-refractivity contribution in [1.29, 1.82) is 0 Å². The molecule has 1 unspecified atom stereocenters. The molecule has 3 heterocycles. The van der Waals surface area contributed by atoms with E-state index in [0.29, 0.717) is 17.7 Å². The van der Waals surface area contributed by atoms with Crippen molar-refractivity contribution < 1.29 is 29.3 Å². The van der Waals surface area contributed by atoms with Crippen LogP contribution in [0.1, 0.15) is 36.3 Å². The van der Waals surface area contributed by atoms with E-state index in [1.807, 2.05) is 13.8 Å². The van der Waals surface area contributed by atoms with Crippen LogP contribution in [0.3, 0.4) is 0 Å². The molecule has 8 heteroatoms. The number of ether oxygens (including phenoxy) is 1. The summed E-state index contributed by atoms with van der Waals surface area (Å²) in [5, 5.41) is 18.1. The summed E-state index contributed by atoms with van der Waals surface area (Å²) < 4.78 is 4.86. The van der Waals surface area contributed by atoms with Crippen molar-refractivity contribution in [2.75, 3.05) is 13.2 Å². The van der Waals surface area contributed by atoms with Crippen LogP contribution in [0.4, 0.5) is 0 Å². The molecule has 1 aromatic heterocycles. The van der Waals surface area contributed by atoms with E-state index in [-0.39, 0.29) is 30.7 Å². The third kappa shape index (κ3) is 2.96. The second-order valence-corrected chi connectivity index (χ2v) is 7.09. The molecule has 2 N–H and O–H groups in total. The molecule has 8 nitrogen and oxygen atoms in total. The van der Waals surface area contributed by atoms with Gasteiger partial charge in [-0.2, -0.15) is 0 Å². The number of β-lactam (4-membered cyclic amide) rings is 1. The van der Waals surface area contributed by atoms with Crippen LogP contribution in [0.15, 0.2) is 23.9 Å². The lowest BCUT2D eigenvalue weighted by Gasteiger charge is -2.40. The van der Waals surface area contributed by atoms with Gasteiger partial charge in [0.15, 0.2) is 0 Å². The van der Waals surface area contributed by atoms with Crippen LogP contribution in [-0.2, 0) is 14.3 Å². The van der Waals surface area contributed by atoms with Crippen LogP contribution >= 0.6 is 0 Å². The summed E-state index contributed by atoms with van der Waals surface area (Å²) in [5.41, 5.74) is 0.655. The normalized spacial score (nSPS) is 25.0. The zero-order chi connectivity index (χ0) is 19.1. The second-order valence-electron chi connectivity index (χ2n) is 7.09. The Hall–Kier alpha value is -2.74. The van der Waals surface area contributed by atoms with Crippen molar-refractivity contribution in [1.82, 2.24) is 9.88 Å². The summed E-state index contributed by atoms with van der Waals surface area (Å²) in [6, 6.07) is 1.88. The highest BCUT2D eigenvalue weighted by Crippen LogP contribution is 2.49. The van der Waals surface area contributed by atoms with Crippen molar-refractivity contribution >= 4 is 23.9 Å². The molecule has 1 aromatic rings. The number of carboxylic acid groups (broad SMARTS) is 1. The minimum Gasteiger partial charge on any atom is -0.480 e. The van der Waals surface area contributed by atoms with E-state index in [2.05, 4.69) is 4.98 Å². The van der Waals surface area contributed by atoms with Gasteiger partial charge < -0.3 is 19.8 Å². The number of hydrogen-bond donors (Lipinski definition) is 2. The molecular formula is C18H20N2O6. The maximum atomic E-state index is 12.5. The van der Waals surface area contributed by atoms with Crippen molar-refractivity contribution in [3.05, 3.63) is 35.2 Å². The number of hydrogen-bond acceptors (Lipinski definition) is 6. The van der Waals surface area contributed by atoms with Gasteiger partial charge in [-0.3, -0.25) is 9.78 Å². The molecule has 2 atom stereocenters. The number of pyridine rings is 1. The fraction of sp³-hybridized carbons (Fsp3) is 0.444. The Balaban J connectivity index is 1.83. The highest BCUT2D eigenvalue weighted by atomic mass is 16.5. The Labute approximate surface area is 150 Å². The molecule has 0 spiro atoms. The molecule has 0 bridgehead atoms. The first-order valence-electron chi connectivity index (χ1n) is 8.27. The minimum absolute atomic E-state index is 0.0985. The zero-order valence-electron chi connectivity index (χ0n) is 14.5. The van der Waals surface area contributed by atoms with Gasteiger partial charge in [0.05, 0.1) is 23.9 Å². The SMILES string of the molecule is CC1(C)CC2/C(=C\c3cc(C(=O)OCCO)ccn3)C(=O)N2[C@H]1C(=O)O. The van der Waals surface area contributed by atoms with E-state index >= 15 is 0 Å². The van der Waals surface area contributed by atoms with E-state index in [9.17, 15) is 19.5 Å². The van der Waals surface area contributed by atoms with Crippen LogP contribution in [0.5, 0.6) is 0 Å². The molecular weight excluding hydrogens is 340 g/mol. The number of carboxylic acids is 1. The van der Waals surface area contributed by atoms with Gasteiger partial charge in [-0.05, 0) is 30.0 Å². The van der Waals surface area contributed by atoms with Gasteiger partial charge in [-0.1, -0.05) is 13.8 Å². The third-order valence-corrected chi connectivity index (χ3v) is 4.79. The fourth-order valence-electron chi connectivity index (χ4n) is 3.66. The Morgan fingerprint density at radius 3 is 2.85 bits per heavy atom. The fourth-order valence-corrected chi connectivity index (χ4v) is 3.66.